The highest BCUT2D eigenvalue weighted by atomic mass is 32.2. The lowest BCUT2D eigenvalue weighted by Crippen LogP contribution is -2.35. The van der Waals surface area contributed by atoms with E-state index in [1.165, 1.54) is 44.2 Å². The number of methoxy groups -OCH3 is 2. The van der Waals surface area contributed by atoms with Crippen LogP contribution in [0.3, 0.4) is 0 Å². The number of rotatable bonds is 6. The van der Waals surface area contributed by atoms with E-state index in [1.54, 1.807) is 4.90 Å². The van der Waals surface area contributed by atoms with Crippen LogP contribution in [0.1, 0.15) is 25.0 Å². The van der Waals surface area contributed by atoms with Crippen molar-refractivity contribution in [1.82, 2.24) is 4.90 Å². The standard InChI is InChI=1S/C22H23N3O5S/c1-13(2)24-21(26)20(31-22(24)23-16-8-6-14(3)7-9-16)11-15-10-18(29-4)19(30-5)12-17(15)25(27)28/h6-13H,1-5H3/b20-11+,23-22?. The van der Waals surface area contributed by atoms with Gasteiger partial charge in [0, 0.05) is 6.04 Å². The maximum absolute atomic E-state index is 13.1. The van der Waals surface area contributed by atoms with Crippen molar-refractivity contribution in [1.29, 1.82) is 0 Å². The molecule has 1 fully saturated rings. The van der Waals surface area contributed by atoms with E-state index in [9.17, 15) is 14.9 Å². The molecule has 0 aromatic heterocycles. The number of ether oxygens (including phenoxy) is 2. The molecule has 0 atom stereocenters. The molecule has 1 aliphatic heterocycles. The number of aliphatic imine (C=N–C) groups is 1. The summed E-state index contributed by atoms with van der Waals surface area (Å²) in [6, 6.07) is 10.3. The lowest BCUT2D eigenvalue weighted by Gasteiger charge is -2.19. The zero-order valence-electron chi connectivity index (χ0n) is 17.9. The first-order valence-corrected chi connectivity index (χ1v) is 10.4. The summed E-state index contributed by atoms with van der Waals surface area (Å²) in [5, 5.41) is 12.1. The number of amides is 1. The van der Waals surface area contributed by atoms with Crippen LogP contribution in [-0.2, 0) is 4.79 Å². The Morgan fingerprint density at radius 3 is 2.29 bits per heavy atom. The Bertz CT molecular complexity index is 1080. The van der Waals surface area contributed by atoms with Crippen LogP contribution in [0.5, 0.6) is 11.5 Å². The van der Waals surface area contributed by atoms with Gasteiger partial charge in [-0.15, -0.1) is 0 Å². The van der Waals surface area contributed by atoms with E-state index in [2.05, 4.69) is 4.99 Å². The zero-order chi connectivity index (χ0) is 22.7. The third kappa shape index (κ3) is 4.72. The van der Waals surface area contributed by atoms with Crippen LogP contribution in [0.4, 0.5) is 11.4 Å². The fourth-order valence-electron chi connectivity index (χ4n) is 3.05. The lowest BCUT2D eigenvalue weighted by atomic mass is 10.1. The molecule has 8 nitrogen and oxygen atoms in total. The fourth-order valence-corrected chi connectivity index (χ4v) is 4.16. The molecule has 1 amide bonds. The highest BCUT2D eigenvalue weighted by molar-refractivity contribution is 8.18. The molecule has 1 saturated heterocycles. The molecule has 162 valence electrons. The zero-order valence-corrected chi connectivity index (χ0v) is 18.7. The van der Waals surface area contributed by atoms with E-state index >= 15 is 0 Å². The lowest BCUT2D eigenvalue weighted by molar-refractivity contribution is -0.385. The summed E-state index contributed by atoms with van der Waals surface area (Å²) in [6.45, 7) is 5.78. The number of benzene rings is 2. The Balaban J connectivity index is 2.07. The van der Waals surface area contributed by atoms with Gasteiger partial charge in [0.05, 0.1) is 41.4 Å². The third-order valence-corrected chi connectivity index (χ3v) is 5.61. The first-order chi connectivity index (χ1) is 14.7. The van der Waals surface area contributed by atoms with Crippen LogP contribution in [0.25, 0.3) is 6.08 Å². The topological polar surface area (TPSA) is 94.3 Å². The quantitative estimate of drug-likeness (QED) is 0.358. The van der Waals surface area contributed by atoms with Crippen LogP contribution >= 0.6 is 11.8 Å². The van der Waals surface area contributed by atoms with Crippen LogP contribution in [-0.4, -0.2) is 41.2 Å². The predicted octanol–water partition coefficient (Wildman–Crippen LogP) is 4.93. The van der Waals surface area contributed by atoms with E-state index < -0.39 is 4.92 Å². The molecule has 1 heterocycles. The van der Waals surface area contributed by atoms with Crippen molar-refractivity contribution in [3.63, 3.8) is 0 Å². The Hall–Kier alpha value is -3.33. The summed E-state index contributed by atoms with van der Waals surface area (Å²) in [6.07, 6.45) is 1.50. The monoisotopic (exact) mass is 441 g/mol. The Labute approximate surface area is 184 Å². The maximum Gasteiger partial charge on any atom is 0.280 e. The molecule has 0 unspecified atom stereocenters. The van der Waals surface area contributed by atoms with Gasteiger partial charge in [0.15, 0.2) is 16.7 Å². The number of nitrogens with zero attached hydrogens (tertiary/aromatic N) is 3. The van der Waals surface area contributed by atoms with Crippen molar-refractivity contribution < 1.29 is 19.2 Å². The molecule has 31 heavy (non-hydrogen) atoms. The number of carbonyl (C=O) groups excluding carboxylic acids is 1. The predicted molar refractivity (Wildman–Crippen MR) is 122 cm³/mol. The van der Waals surface area contributed by atoms with Crippen molar-refractivity contribution in [3.8, 4) is 11.5 Å². The summed E-state index contributed by atoms with van der Waals surface area (Å²) in [7, 11) is 2.85. The third-order valence-electron chi connectivity index (χ3n) is 4.63. The molecule has 2 aromatic carbocycles. The average Bonchev–Trinajstić information content (AvgIpc) is 3.03. The molecular weight excluding hydrogens is 418 g/mol. The van der Waals surface area contributed by atoms with Gasteiger partial charge in [-0.2, -0.15) is 0 Å². The number of amidine groups is 1. The number of thioether (sulfide) groups is 1. The van der Waals surface area contributed by atoms with Crippen molar-refractivity contribution in [3.05, 3.63) is 62.5 Å². The highest BCUT2D eigenvalue weighted by Gasteiger charge is 2.36. The van der Waals surface area contributed by atoms with Gasteiger partial charge in [0.25, 0.3) is 11.6 Å². The van der Waals surface area contributed by atoms with Gasteiger partial charge >= 0.3 is 0 Å². The van der Waals surface area contributed by atoms with Gasteiger partial charge in [-0.25, -0.2) is 4.99 Å². The van der Waals surface area contributed by atoms with Gasteiger partial charge in [0.2, 0.25) is 0 Å². The molecule has 1 aliphatic rings. The molecule has 3 rings (SSSR count). The second kappa shape index (κ2) is 9.22. The second-order valence-electron chi connectivity index (χ2n) is 7.13. The molecular formula is C22H23N3O5S. The summed E-state index contributed by atoms with van der Waals surface area (Å²) in [4.78, 5) is 30.7. The van der Waals surface area contributed by atoms with Crippen molar-refractivity contribution in [2.24, 2.45) is 4.99 Å². The summed E-state index contributed by atoms with van der Waals surface area (Å²) in [5.41, 5.74) is 1.91. The van der Waals surface area contributed by atoms with Crippen LogP contribution in [0.2, 0.25) is 0 Å². The average molecular weight is 442 g/mol. The van der Waals surface area contributed by atoms with Crippen LogP contribution in [0.15, 0.2) is 46.3 Å². The number of hydrogen-bond donors (Lipinski definition) is 0. The Morgan fingerprint density at radius 1 is 1.13 bits per heavy atom. The normalized spacial score (nSPS) is 16.5. The van der Waals surface area contributed by atoms with Crippen molar-refractivity contribution >= 4 is 40.3 Å². The summed E-state index contributed by atoms with van der Waals surface area (Å²) in [5.74, 6) is 0.326. The van der Waals surface area contributed by atoms with Gasteiger partial charge < -0.3 is 9.47 Å². The summed E-state index contributed by atoms with van der Waals surface area (Å²) >= 11 is 1.19. The minimum absolute atomic E-state index is 0.129. The number of carbonyl (C=O) groups is 1. The second-order valence-corrected chi connectivity index (χ2v) is 8.14. The first-order valence-electron chi connectivity index (χ1n) is 9.54. The van der Waals surface area contributed by atoms with E-state index in [-0.39, 0.29) is 28.9 Å². The SMILES string of the molecule is COc1cc(/C=C2/SC(=Nc3ccc(C)cc3)N(C(C)C)C2=O)c([N+](=O)[O-])cc1OC. The van der Waals surface area contributed by atoms with E-state index in [1.807, 2.05) is 45.0 Å². The van der Waals surface area contributed by atoms with E-state index in [0.29, 0.717) is 15.8 Å². The number of hydrogen-bond acceptors (Lipinski definition) is 7. The van der Waals surface area contributed by atoms with Crippen LogP contribution < -0.4 is 9.47 Å². The number of nitro benzene ring substituents is 1. The van der Waals surface area contributed by atoms with Gasteiger partial charge in [-0.1, -0.05) is 17.7 Å². The number of aryl methyl sites for hydroxylation is 1. The smallest absolute Gasteiger partial charge is 0.280 e. The number of nitro groups is 1. The molecule has 0 spiro atoms. The largest absolute Gasteiger partial charge is 0.493 e. The van der Waals surface area contributed by atoms with Crippen molar-refractivity contribution in [2.75, 3.05) is 14.2 Å². The molecule has 0 radical (unpaired) electrons. The minimum Gasteiger partial charge on any atom is -0.493 e. The first kappa shape index (κ1) is 22.4. The maximum atomic E-state index is 13.1. The Morgan fingerprint density at radius 2 is 1.74 bits per heavy atom. The molecule has 0 N–H and O–H groups in total. The van der Waals surface area contributed by atoms with Gasteiger partial charge in [0.1, 0.15) is 0 Å². The van der Waals surface area contributed by atoms with Crippen molar-refractivity contribution in [2.45, 2.75) is 26.8 Å². The van der Waals surface area contributed by atoms with E-state index in [0.717, 1.165) is 11.3 Å². The van der Waals surface area contributed by atoms with Gasteiger partial charge in [-0.3, -0.25) is 19.8 Å². The van der Waals surface area contributed by atoms with Gasteiger partial charge in [-0.05, 0) is 56.8 Å². The summed E-state index contributed by atoms with van der Waals surface area (Å²) < 4.78 is 10.4. The molecule has 9 heteroatoms. The minimum atomic E-state index is -0.514. The molecule has 0 saturated carbocycles. The fraction of sp³-hybridized carbons (Fsp3) is 0.273. The van der Waals surface area contributed by atoms with E-state index in [4.69, 9.17) is 9.47 Å². The molecule has 2 aromatic rings. The highest BCUT2D eigenvalue weighted by Crippen LogP contribution is 2.39. The Kier molecular flexibility index (Phi) is 6.65. The molecule has 0 aliphatic carbocycles. The van der Waals surface area contributed by atoms with Crippen LogP contribution in [0, 0.1) is 17.0 Å². The molecule has 0 bridgehead atoms.